The lowest BCUT2D eigenvalue weighted by molar-refractivity contribution is -0.125. The zero-order chi connectivity index (χ0) is 21.8. The van der Waals surface area contributed by atoms with E-state index in [9.17, 15) is 14.0 Å². The minimum Gasteiger partial charge on any atom is -0.482 e. The smallest absolute Gasteiger partial charge is 0.265 e. The van der Waals surface area contributed by atoms with Crippen LogP contribution < -0.4 is 15.0 Å². The number of nitrogens with one attached hydrogen (secondary N) is 1. The van der Waals surface area contributed by atoms with Gasteiger partial charge in [0.2, 0.25) is 5.91 Å². The van der Waals surface area contributed by atoms with E-state index in [4.69, 9.17) is 9.47 Å². The van der Waals surface area contributed by atoms with Gasteiger partial charge in [-0.05, 0) is 35.9 Å². The second kappa shape index (κ2) is 9.76. The standard InChI is InChI=1S/C22H23BrFN3O4/c23-16-3-6-18-20(11-16)31-14-22(29)27(18)13-21(28)25-12-19(26-7-9-30-10-8-26)15-1-4-17(24)5-2-15/h1-6,11,19H,7-10,12-14H2,(H,25,28). The molecule has 1 unspecified atom stereocenters. The first kappa shape index (κ1) is 21.7. The van der Waals surface area contributed by atoms with Gasteiger partial charge >= 0.3 is 0 Å². The maximum absolute atomic E-state index is 13.4. The minimum atomic E-state index is -0.301. The maximum Gasteiger partial charge on any atom is 0.265 e. The number of halogens is 2. The highest BCUT2D eigenvalue weighted by atomic mass is 79.9. The first-order chi connectivity index (χ1) is 15.0. The zero-order valence-electron chi connectivity index (χ0n) is 16.9. The zero-order valence-corrected chi connectivity index (χ0v) is 18.4. The van der Waals surface area contributed by atoms with Crippen molar-refractivity contribution < 1.29 is 23.5 Å². The van der Waals surface area contributed by atoms with Crippen LogP contribution in [0.25, 0.3) is 0 Å². The number of ether oxygens (including phenoxy) is 2. The number of hydrogen-bond donors (Lipinski definition) is 1. The molecule has 1 fully saturated rings. The number of carbonyl (C=O) groups excluding carboxylic acids is 2. The van der Waals surface area contributed by atoms with Crippen molar-refractivity contribution in [2.45, 2.75) is 6.04 Å². The van der Waals surface area contributed by atoms with Gasteiger partial charge in [-0.2, -0.15) is 0 Å². The van der Waals surface area contributed by atoms with Crippen molar-refractivity contribution in [3.63, 3.8) is 0 Å². The van der Waals surface area contributed by atoms with Gasteiger partial charge in [0.1, 0.15) is 18.1 Å². The molecule has 7 nitrogen and oxygen atoms in total. The van der Waals surface area contributed by atoms with Crippen LogP contribution in [0.3, 0.4) is 0 Å². The number of fused-ring (bicyclic) bond motifs is 1. The Morgan fingerprint density at radius 1 is 1.16 bits per heavy atom. The largest absolute Gasteiger partial charge is 0.482 e. The lowest BCUT2D eigenvalue weighted by Crippen LogP contribution is -2.48. The molecule has 1 N–H and O–H groups in total. The molecule has 9 heteroatoms. The molecule has 0 saturated carbocycles. The predicted molar refractivity (Wildman–Crippen MR) is 117 cm³/mol. The van der Waals surface area contributed by atoms with E-state index in [-0.39, 0.29) is 36.8 Å². The van der Waals surface area contributed by atoms with Crippen molar-refractivity contribution in [2.75, 3.05) is 50.9 Å². The third-order valence-corrected chi connectivity index (χ3v) is 5.89. The van der Waals surface area contributed by atoms with E-state index in [1.807, 2.05) is 0 Å². The summed E-state index contributed by atoms with van der Waals surface area (Å²) < 4.78 is 25.1. The van der Waals surface area contributed by atoms with Crippen LogP contribution in [0.4, 0.5) is 10.1 Å². The molecule has 1 atom stereocenters. The summed E-state index contributed by atoms with van der Waals surface area (Å²) in [4.78, 5) is 28.8. The topological polar surface area (TPSA) is 71.1 Å². The van der Waals surface area contributed by atoms with E-state index in [2.05, 4.69) is 26.1 Å². The third kappa shape index (κ3) is 5.23. The van der Waals surface area contributed by atoms with Crippen LogP contribution in [-0.4, -0.2) is 62.7 Å². The van der Waals surface area contributed by atoms with Crippen LogP contribution in [0.1, 0.15) is 11.6 Å². The highest BCUT2D eigenvalue weighted by Gasteiger charge is 2.28. The van der Waals surface area contributed by atoms with Crippen molar-refractivity contribution in [3.05, 3.63) is 58.3 Å². The molecule has 2 aromatic carbocycles. The molecule has 0 bridgehead atoms. The summed E-state index contributed by atoms with van der Waals surface area (Å²) in [6.45, 7) is 2.81. The normalized spacial score (nSPS) is 17.6. The second-order valence-electron chi connectivity index (χ2n) is 7.40. The summed E-state index contributed by atoms with van der Waals surface area (Å²) in [6, 6.07) is 11.5. The van der Waals surface area contributed by atoms with Gasteiger partial charge in [0.15, 0.2) is 6.61 Å². The molecule has 0 aliphatic carbocycles. The highest BCUT2D eigenvalue weighted by molar-refractivity contribution is 9.10. The van der Waals surface area contributed by atoms with Crippen LogP contribution in [0.15, 0.2) is 46.9 Å². The number of nitrogens with zero attached hydrogens (tertiary/aromatic N) is 2. The van der Waals surface area contributed by atoms with E-state index in [1.165, 1.54) is 17.0 Å². The van der Waals surface area contributed by atoms with Crippen LogP contribution in [0.5, 0.6) is 5.75 Å². The quantitative estimate of drug-likeness (QED) is 0.672. The van der Waals surface area contributed by atoms with Crippen LogP contribution >= 0.6 is 15.9 Å². The van der Waals surface area contributed by atoms with Gasteiger partial charge in [-0.15, -0.1) is 0 Å². The van der Waals surface area contributed by atoms with E-state index >= 15 is 0 Å². The molecule has 2 aliphatic rings. The van der Waals surface area contributed by atoms with Gasteiger partial charge in [0.25, 0.3) is 5.91 Å². The van der Waals surface area contributed by atoms with Crippen molar-refractivity contribution >= 4 is 33.4 Å². The summed E-state index contributed by atoms with van der Waals surface area (Å²) >= 11 is 3.38. The number of hydrogen-bond acceptors (Lipinski definition) is 5. The molecule has 1 saturated heterocycles. The number of morpholine rings is 1. The van der Waals surface area contributed by atoms with Crippen LogP contribution in [0, 0.1) is 5.82 Å². The molecule has 0 radical (unpaired) electrons. The summed E-state index contributed by atoms with van der Waals surface area (Å²) in [5.41, 5.74) is 1.49. The molecule has 2 aromatic rings. The Balaban J connectivity index is 1.44. The Kier molecular flexibility index (Phi) is 6.84. The Hall–Kier alpha value is -2.49. The van der Waals surface area contributed by atoms with Gasteiger partial charge in [0, 0.05) is 24.1 Å². The molecule has 0 spiro atoms. The van der Waals surface area contributed by atoms with Gasteiger partial charge in [-0.3, -0.25) is 19.4 Å². The lowest BCUT2D eigenvalue weighted by atomic mass is 10.0. The maximum atomic E-state index is 13.4. The van der Waals surface area contributed by atoms with E-state index < -0.39 is 0 Å². The second-order valence-corrected chi connectivity index (χ2v) is 8.32. The van der Waals surface area contributed by atoms with Crippen molar-refractivity contribution in [1.29, 1.82) is 0 Å². The molecule has 2 heterocycles. The van der Waals surface area contributed by atoms with Crippen molar-refractivity contribution in [1.82, 2.24) is 10.2 Å². The Labute approximate surface area is 188 Å². The van der Waals surface area contributed by atoms with Crippen molar-refractivity contribution in [3.8, 4) is 5.75 Å². The third-order valence-electron chi connectivity index (χ3n) is 5.40. The molecule has 31 heavy (non-hydrogen) atoms. The average molecular weight is 492 g/mol. The predicted octanol–water partition coefficient (Wildman–Crippen LogP) is 2.50. The van der Waals surface area contributed by atoms with Gasteiger partial charge in [-0.25, -0.2) is 4.39 Å². The van der Waals surface area contributed by atoms with Gasteiger partial charge < -0.3 is 14.8 Å². The lowest BCUT2D eigenvalue weighted by Gasteiger charge is -2.35. The molecule has 2 aliphatic heterocycles. The molecule has 164 valence electrons. The number of rotatable bonds is 6. The summed E-state index contributed by atoms with van der Waals surface area (Å²) in [7, 11) is 0. The molecular weight excluding hydrogens is 469 g/mol. The Morgan fingerprint density at radius 3 is 2.65 bits per heavy atom. The van der Waals surface area contributed by atoms with E-state index in [1.54, 1.807) is 30.3 Å². The van der Waals surface area contributed by atoms with Crippen LogP contribution in [0.2, 0.25) is 0 Å². The monoisotopic (exact) mass is 491 g/mol. The highest BCUT2D eigenvalue weighted by Crippen LogP contribution is 2.34. The fraction of sp³-hybridized carbons (Fsp3) is 0.364. The van der Waals surface area contributed by atoms with Crippen molar-refractivity contribution in [2.24, 2.45) is 0 Å². The number of benzene rings is 2. The summed E-state index contributed by atoms with van der Waals surface area (Å²) in [5, 5.41) is 2.94. The first-order valence-electron chi connectivity index (χ1n) is 10.1. The number of carbonyl (C=O) groups is 2. The van der Waals surface area contributed by atoms with E-state index in [0.717, 1.165) is 23.1 Å². The SMILES string of the molecule is O=C(CN1C(=O)COc2cc(Br)ccc21)NCC(c1ccc(F)cc1)N1CCOCC1. The number of anilines is 1. The summed E-state index contributed by atoms with van der Waals surface area (Å²) in [5.74, 6) is -0.290. The summed E-state index contributed by atoms with van der Waals surface area (Å²) in [6.07, 6.45) is 0. The Bertz CT molecular complexity index is 950. The number of amides is 2. The van der Waals surface area contributed by atoms with Gasteiger partial charge in [0.05, 0.1) is 24.9 Å². The molecular formula is C22H23BrFN3O4. The Morgan fingerprint density at radius 2 is 1.90 bits per heavy atom. The first-order valence-corrected chi connectivity index (χ1v) is 10.9. The molecule has 4 rings (SSSR count). The minimum absolute atomic E-state index is 0.101. The molecule has 0 aromatic heterocycles. The van der Waals surface area contributed by atoms with Gasteiger partial charge in [-0.1, -0.05) is 28.1 Å². The fourth-order valence-electron chi connectivity index (χ4n) is 3.79. The van der Waals surface area contributed by atoms with Crippen LogP contribution in [-0.2, 0) is 14.3 Å². The van der Waals surface area contributed by atoms with E-state index in [0.29, 0.717) is 31.2 Å². The fourth-order valence-corrected chi connectivity index (χ4v) is 4.13. The average Bonchev–Trinajstić information content (AvgIpc) is 2.78. The molecule has 2 amide bonds.